The van der Waals surface area contributed by atoms with E-state index in [2.05, 4.69) is 16.8 Å². The van der Waals surface area contributed by atoms with Crippen LogP contribution in [-0.4, -0.2) is 52.1 Å². The first-order valence-electron chi connectivity index (χ1n) is 7.42. The monoisotopic (exact) mass is 270 g/mol. The van der Waals surface area contributed by atoms with Crippen LogP contribution in [0.1, 0.15) is 18.0 Å². The first-order chi connectivity index (χ1) is 9.66. The summed E-state index contributed by atoms with van der Waals surface area (Å²) in [6.07, 6.45) is 1.28. The Kier molecular flexibility index (Phi) is 1.84. The number of likely N-dealkylation sites (N-methyl/N-ethyl adjacent to an activating group) is 1. The first kappa shape index (κ1) is 11.3. The lowest BCUT2D eigenvalue weighted by atomic mass is 9.63. The number of likely N-dealkylation sites (tertiary alicyclic amines) is 2. The zero-order chi connectivity index (χ0) is 13.6. The number of hydrogen-bond acceptors (Lipinski definition) is 3. The van der Waals surface area contributed by atoms with Crippen molar-refractivity contribution in [2.45, 2.75) is 30.1 Å². The van der Waals surface area contributed by atoms with Crippen molar-refractivity contribution < 1.29 is 9.90 Å². The highest BCUT2D eigenvalue weighted by Gasteiger charge is 2.87. The van der Waals surface area contributed by atoms with Gasteiger partial charge in [0.05, 0.1) is 0 Å². The normalized spacial score (nSPS) is 45.9. The van der Waals surface area contributed by atoms with Crippen molar-refractivity contribution in [1.29, 1.82) is 0 Å². The minimum absolute atomic E-state index is 0.449. The largest absolute Gasteiger partial charge is 0.480 e. The van der Waals surface area contributed by atoms with Gasteiger partial charge in [0.2, 0.25) is 0 Å². The lowest BCUT2D eigenvalue weighted by Gasteiger charge is -2.62. The van der Waals surface area contributed by atoms with Crippen LogP contribution in [0.25, 0.3) is 0 Å². The Labute approximate surface area is 118 Å². The molecule has 0 amide bonds. The van der Waals surface area contributed by atoms with Gasteiger partial charge in [-0.1, -0.05) is 30.3 Å². The van der Waals surface area contributed by atoms with E-state index in [0.29, 0.717) is 17.6 Å². The quantitative estimate of drug-likeness (QED) is 0.896. The second-order valence-corrected chi connectivity index (χ2v) is 6.86. The average molecular weight is 270 g/mol. The molecule has 1 spiro atoms. The van der Waals surface area contributed by atoms with Crippen LogP contribution >= 0.6 is 0 Å². The number of carboxylic acids is 1. The summed E-state index contributed by atoms with van der Waals surface area (Å²) >= 11 is 0. The predicted molar refractivity (Wildman–Crippen MR) is 73.2 cm³/mol. The molecule has 2 aliphatic heterocycles. The molecule has 2 saturated heterocycles. The number of fused-ring (bicyclic) bond motifs is 1. The van der Waals surface area contributed by atoms with Crippen molar-refractivity contribution >= 4 is 5.97 Å². The number of benzene rings is 1. The van der Waals surface area contributed by atoms with Crippen molar-refractivity contribution in [3.8, 4) is 0 Å². The number of nitrogens with zero attached hydrogens (tertiary/aromatic N) is 2. The molecule has 20 heavy (non-hydrogen) atoms. The van der Waals surface area contributed by atoms with Gasteiger partial charge in [-0.15, -0.1) is 0 Å². The number of hydrogen-bond donors (Lipinski definition) is 1. The van der Waals surface area contributed by atoms with Crippen molar-refractivity contribution in [3.63, 3.8) is 0 Å². The van der Waals surface area contributed by atoms with Crippen molar-refractivity contribution in [2.24, 2.45) is 11.8 Å². The number of aliphatic carboxylic acids is 1. The second kappa shape index (κ2) is 3.26. The summed E-state index contributed by atoms with van der Waals surface area (Å²) in [6.45, 7) is 1.04. The van der Waals surface area contributed by atoms with Crippen LogP contribution in [0.5, 0.6) is 0 Å². The summed E-state index contributed by atoms with van der Waals surface area (Å²) in [5, 5.41) is 9.73. The standard InChI is InChI=1S/C16H18N2O2/c1-17-8-11-12-14(10-7-16(10,12)17)18(11)13(15(19)20)9-5-3-2-4-6-9/h2-6,10-14H,7-8H2,1H3,(H,19,20)/t10?,11?,12?,13?,14?,16-/m0/s1. The molecular formula is C16H18N2O2. The summed E-state index contributed by atoms with van der Waals surface area (Å²) in [7, 11) is 2.21. The highest BCUT2D eigenvalue weighted by molar-refractivity contribution is 5.76. The summed E-state index contributed by atoms with van der Waals surface area (Å²) in [5.41, 5.74) is 1.40. The molecule has 4 fully saturated rings. The average Bonchev–Trinajstić information content (AvgIpc) is 3.01. The van der Waals surface area contributed by atoms with E-state index < -0.39 is 12.0 Å². The Hall–Kier alpha value is -1.39. The van der Waals surface area contributed by atoms with Crippen molar-refractivity contribution in [3.05, 3.63) is 35.9 Å². The van der Waals surface area contributed by atoms with E-state index >= 15 is 0 Å². The third-order valence-corrected chi connectivity index (χ3v) is 6.35. The van der Waals surface area contributed by atoms with Crippen molar-refractivity contribution in [2.75, 3.05) is 13.6 Å². The van der Waals surface area contributed by atoms with Crippen LogP contribution in [0, 0.1) is 11.8 Å². The zero-order valence-corrected chi connectivity index (χ0v) is 11.4. The van der Waals surface area contributed by atoms with E-state index in [4.69, 9.17) is 0 Å². The van der Waals surface area contributed by atoms with Gasteiger partial charge in [-0.05, 0) is 24.9 Å². The van der Waals surface area contributed by atoms with Crippen LogP contribution in [0.3, 0.4) is 0 Å². The number of piperidine rings is 1. The van der Waals surface area contributed by atoms with Gasteiger partial charge in [-0.3, -0.25) is 14.6 Å². The zero-order valence-electron chi connectivity index (χ0n) is 11.4. The molecule has 104 valence electrons. The molecule has 4 heteroatoms. The summed E-state index contributed by atoms with van der Waals surface area (Å²) in [4.78, 5) is 16.6. The first-order valence-corrected chi connectivity index (χ1v) is 7.42. The van der Waals surface area contributed by atoms with Crippen molar-refractivity contribution in [1.82, 2.24) is 9.80 Å². The third kappa shape index (κ3) is 1.00. The van der Waals surface area contributed by atoms with Gasteiger partial charge in [0, 0.05) is 30.1 Å². The molecule has 6 atom stereocenters. The van der Waals surface area contributed by atoms with Gasteiger partial charge in [-0.2, -0.15) is 0 Å². The fraction of sp³-hybridized carbons (Fsp3) is 0.562. The molecule has 2 heterocycles. The maximum atomic E-state index is 11.8. The van der Waals surface area contributed by atoms with E-state index in [-0.39, 0.29) is 0 Å². The Bertz CT molecular complexity index is 604. The fourth-order valence-electron chi connectivity index (χ4n) is 5.57. The van der Waals surface area contributed by atoms with E-state index in [1.54, 1.807) is 0 Å². The Morgan fingerprint density at radius 3 is 2.85 bits per heavy atom. The molecule has 1 aromatic rings. The summed E-state index contributed by atoms with van der Waals surface area (Å²) in [5.74, 6) is 0.757. The predicted octanol–water partition coefficient (Wildman–Crippen LogP) is 1.20. The smallest absolute Gasteiger partial charge is 0.325 e. The van der Waals surface area contributed by atoms with Crippen LogP contribution in [0.15, 0.2) is 30.3 Å². The molecule has 2 aliphatic carbocycles. The summed E-state index contributed by atoms with van der Waals surface area (Å²) < 4.78 is 0. The van der Waals surface area contributed by atoms with Gasteiger partial charge < -0.3 is 5.11 Å². The maximum Gasteiger partial charge on any atom is 0.325 e. The fourth-order valence-corrected chi connectivity index (χ4v) is 5.57. The molecule has 5 rings (SSSR count). The molecule has 0 bridgehead atoms. The molecule has 4 aliphatic rings. The minimum Gasteiger partial charge on any atom is -0.480 e. The molecular weight excluding hydrogens is 252 g/mol. The van der Waals surface area contributed by atoms with Gasteiger partial charge in [-0.25, -0.2) is 0 Å². The Balaban J connectivity index is 1.52. The van der Waals surface area contributed by atoms with E-state index in [1.165, 1.54) is 6.42 Å². The van der Waals surface area contributed by atoms with Gasteiger partial charge in [0.15, 0.2) is 0 Å². The maximum absolute atomic E-state index is 11.8. The molecule has 2 saturated carbocycles. The Morgan fingerprint density at radius 2 is 2.15 bits per heavy atom. The van der Waals surface area contributed by atoms with Crippen LogP contribution in [0.2, 0.25) is 0 Å². The number of carbonyl (C=O) groups is 1. The van der Waals surface area contributed by atoms with Gasteiger partial charge >= 0.3 is 5.97 Å². The highest BCUT2D eigenvalue weighted by atomic mass is 16.4. The van der Waals surface area contributed by atoms with E-state index in [1.807, 2.05) is 30.3 Å². The number of rotatable bonds is 3. The van der Waals surface area contributed by atoms with E-state index in [9.17, 15) is 9.90 Å². The molecule has 1 aromatic carbocycles. The topological polar surface area (TPSA) is 43.8 Å². The van der Waals surface area contributed by atoms with Crippen LogP contribution < -0.4 is 0 Å². The molecule has 4 nitrogen and oxygen atoms in total. The lowest BCUT2D eigenvalue weighted by Crippen LogP contribution is -2.74. The molecule has 0 radical (unpaired) electrons. The van der Waals surface area contributed by atoms with Gasteiger partial charge in [0.1, 0.15) is 6.04 Å². The SMILES string of the molecule is CN1CC2C3C(C4C[C@]431)N2C(C(=O)O)c1ccccc1. The van der Waals surface area contributed by atoms with Gasteiger partial charge in [0.25, 0.3) is 0 Å². The second-order valence-electron chi connectivity index (χ2n) is 6.86. The minimum atomic E-state index is -0.706. The molecule has 0 aromatic heterocycles. The third-order valence-electron chi connectivity index (χ3n) is 6.35. The summed E-state index contributed by atoms with van der Waals surface area (Å²) in [6, 6.07) is 10.2. The van der Waals surface area contributed by atoms with E-state index in [0.717, 1.165) is 23.9 Å². The highest BCUT2D eigenvalue weighted by Crippen LogP contribution is 2.78. The lowest BCUT2D eigenvalue weighted by molar-refractivity contribution is -0.170. The van der Waals surface area contributed by atoms with Crippen LogP contribution in [-0.2, 0) is 4.79 Å². The Morgan fingerprint density at radius 1 is 1.40 bits per heavy atom. The molecule has 1 N–H and O–H groups in total. The van der Waals surface area contributed by atoms with Crippen LogP contribution in [0.4, 0.5) is 0 Å². The number of carboxylic acid groups (broad SMARTS) is 1. The molecule has 5 unspecified atom stereocenters.